The maximum atomic E-state index is 13.7. The number of furan rings is 1. The lowest BCUT2D eigenvalue weighted by atomic mass is 9.93. The largest absolute Gasteiger partial charge is 0.461 e. The van der Waals surface area contributed by atoms with Gasteiger partial charge in [0.25, 0.3) is 0 Å². The van der Waals surface area contributed by atoms with Gasteiger partial charge in [-0.1, -0.05) is 0 Å². The number of halogens is 3. The Bertz CT molecular complexity index is 999. The summed E-state index contributed by atoms with van der Waals surface area (Å²) < 4.78 is 48.8. The lowest BCUT2D eigenvalue weighted by Gasteiger charge is -2.29. The van der Waals surface area contributed by atoms with Crippen LogP contribution >= 0.6 is 0 Å². The van der Waals surface area contributed by atoms with Crippen LogP contribution in [0.2, 0.25) is 0 Å². The van der Waals surface area contributed by atoms with E-state index in [0.717, 1.165) is 6.33 Å². The Morgan fingerprint density at radius 2 is 2.15 bits per heavy atom. The number of fused-ring (bicyclic) bond motifs is 1. The van der Waals surface area contributed by atoms with Gasteiger partial charge in [0.2, 0.25) is 11.7 Å². The normalized spacial score (nSPS) is 17.2. The molecule has 0 radical (unpaired) electrons. The molecule has 1 N–H and O–H groups in total. The molecular formula is C15H11F3N6O2. The fourth-order valence-electron chi connectivity index (χ4n) is 2.86. The molecule has 134 valence electrons. The van der Waals surface area contributed by atoms with Gasteiger partial charge < -0.3 is 9.73 Å². The first-order valence-electron chi connectivity index (χ1n) is 7.41. The van der Waals surface area contributed by atoms with E-state index in [0.29, 0.717) is 5.56 Å². The molecule has 1 aliphatic rings. The Kier molecular flexibility index (Phi) is 3.46. The van der Waals surface area contributed by atoms with Crippen LogP contribution in [-0.2, 0) is 7.05 Å². The van der Waals surface area contributed by atoms with E-state index in [2.05, 4.69) is 20.5 Å². The number of hydrogen-bond donors (Lipinski definition) is 1. The molecule has 4 rings (SSSR count). The Balaban J connectivity index is 1.98. The van der Waals surface area contributed by atoms with E-state index in [1.54, 1.807) is 7.05 Å². The number of hydrogen-bond acceptors (Lipinski definition) is 6. The Morgan fingerprint density at radius 1 is 1.35 bits per heavy atom. The highest BCUT2D eigenvalue weighted by molar-refractivity contribution is 6.09. The Labute approximate surface area is 143 Å². The molecule has 26 heavy (non-hydrogen) atoms. The van der Waals surface area contributed by atoms with Crippen LogP contribution in [0.3, 0.4) is 0 Å². The van der Waals surface area contributed by atoms with Crippen molar-refractivity contribution in [3.8, 4) is 0 Å². The van der Waals surface area contributed by atoms with Crippen molar-refractivity contribution in [2.24, 2.45) is 7.05 Å². The van der Waals surface area contributed by atoms with Crippen LogP contribution in [0.4, 0.5) is 19.1 Å². The van der Waals surface area contributed by atoms with E-state index in [1.165, 1.54) is 40.2 Å². The Hall–Kier alpha value is -3.37. The number of rotatable bonds is 3. The summed E-state index contributed by atoms with van der Waals surface area (Å²) in [7, 11) is 1.62. The quantitative estimate of drug-likeness (QED) is 0.718. The third-order valence-corrected chi connectivity index (χ3v) is 3.91. The molecule has 11 heteroatoms. The first-order chi connectivity index (χ1) is 12.4. The molecule has 0 bridgehead atoms. The fourth-order valence-corrected chi connectivity index (χ4v) is 2.86. The molecule has 0 spiro atoms. The van der Waals surface area contributed by atoms with Crippen molar-refractivity contribution in [2.75, 3.05) is 5.32 Å². The summed E-state index contributed by atoms with van der Waals surface area (Å²) in [5.74, 6) is -1.23. The zero-order chi connectivity index (χ0) is 18.5. The summed E-state index contributed by atoms with van der Waals surface area (Å²) in [6.45, 7) is 0. The van der Waals surface area contributed by atoms with Gasteiger partial charge in [0.15, 0.2) is 5.76 Å². The highest BCUT2D eigenvalue weighted by Gasteiger charge is 2.46. The second-order valence-electron chi connectivity index (χ2n) is 5.60. The molecule has 0 fully saturated rings. The van der Waals surface area contributed by atoms with E-state index >= 15 is 0 Å². The Morgan fingerprint density at radius 3 is 2.77 bits per heavy atom. The molecule has 4 heterocycles. The number of carbonyl (C=O) groups is 1. The monoisotopic (exact) mass is 364 g/mol. The summed E-state index contributed by atoms with van der Waals surface area (Å²) >= 11 is 0. The van der Waals surface area contributed by atoms with Crippen LogP contribution in [-0.4, -0.2) is 36.5 Å². The first-order valence-corrected chi connectivity index (χ1v) is 7.41. The molecule has 0 saturated heterocycles. The van der Waals surface area contributed by atoms with Crippen LogP contribution in [0.5, 0.6) is 0 Å². The van der Waals surface area contributed by atoms with Crippen molar-refractivity contribution in [1.29, 1.82) is 0 Å². The van der Waals surface area contributed by atoms with Crippen LogP contribution in [0.15, 0.2) is 52.8 Å². The van der Waals surface area contributed by atoms with E-state index in [4.69, 9.17) is 4.42 Å². The highest BCUT2D eigenvalue weighted by atomic mass is 19.4. The number of ketones is 1. The lowest BCUT2D eigenvalue weighted by molar-refractivity contribution is -0.0918. The predicted octanol–water partition coefficient (Wildman–Crippen LogP) is 2.32. The minimum atomic E-state index is -4.81. The van der Waals surface area contributed by atoms with Gasteiger partial charge in [-0.15, -0.1) is 0 Å². The predicted molar refractivity (Wildman–Crippen MR) is 81.1 cm³/mol. The SMILES string of the molecule is Cn1cc(C2C(C(=O)c3ccco3)=C(C(F)(F)F)Nc3ncnn32)cn1. The number of carbonyl (C=O) groups excluding carboxylic acids is 1. The van der Waals surface area contributed by atoms with Crippen LogP contribution in [0.25, 0.3) is 0 Å². The summed E-state index contributed by atoms with van der Waals surface area (Å²) in [5, 5.41) is 10.1. The maximum Gasteiger partial charge on any atom is 0.431 e. The van der Waals surface area contributed by atoms with Crippen molar-refractivity contribution in [1.82, 2.24) is 24.5 Å². The number of nitrogens with zero attached hydrogens (tertiary/aromatic N) is 5. The lowest BCUT2D eigenvalue weighted by Crippen LogP contribution is -2.35. The molecule has 3 aromatic rings. The number of aryl methyl sites for hydroxylation is 1. The zero-order valence-electron chi connectivity index (χ0n) is 13.2. The van der Waals surface area contributed by atoms with Crippen molar-refractivity contribution in [3.05, 3.63) is 59.7 Å². The van der Waals surface area contributed by atoms with Crippen molar-refractivity contribution < 1.29 is 22.4 Å². The second-order valence-corrected chi connectivity index (χ2v) is 5.60. The average molecular weight is 364 g/mol. The molecule has 1 atom stereocenters. The molecular weight excluding hydrogens is 353 g/mol. The molecule has 1 aliphatic heterocycles. The van der Waals surface area contributed by atoms with E-state index < -0.39 is 29.3 Å². The van der Waals surface area contributed by atoms with Gasteiger partial charge in [-0.25, -0.2) is 4.68 Å². The molecule has 0 amide bonds. The standard InChI is InChI=1S/C15H11F3N6O2/c1-23-6-8(5-20-23)11-10(12(25)9-3-2-4-26-9)13(15(16,17)18)22-14-19-7-21-24(11)14/h2-7,11H,1H3,(H,19,21,22). The van der Waals surface area contributed by atoms with E-state index in [-0.39, 0.29) is 11.7 Å². The molecule has 3 aromatic heterocycles. The molecule has 1 unspecified atom stereocenters. The van der Waals surface area contributed by atoms with Gasteiger partial charge in [0.05, 0.1) is 18.0 Å². The second kappa shape index (κ2) is 5.58. The van der Waals surface area contributed by atoms with Gasteiger partial charge in [-0.2, -0.15) is 28.4 Å². The van der Waals surface area contributed by atoms with Gasteiger partial charge in [0, 0.05) is 18.8 Å². The fraction of sp³-hybridized carbons (Fsp3) is 0.200. The number of anilines is 1. The minimum Gasteiger partial charge on any atom is -0.461 e. The third-order valence-electron chi connectivity index (χ3n) is 3.91. The van der Waals surface area contributed by atoms with Crippen LogP contribution < -0.4 is 5.32 Å². The van der Waals surface area contributed by atoms with Gasteiger partial charge >= 0.3 is 6.18 Å². The first kappa shape index (κ1) is 16.1. The van der Waals surface area contributed by atoms with Crippen LogP contribution in [0, 0.1) is 0 Å². The summed E-state index contributed by atoms with van der Waals surface area (Å²) in [5.41, 5.74) is -1.39. The third kappa shape index (κ3) is 2.48. The molecule has 0 aromatic carbocycles. The van der Waals surface area contributed by atoms with Gasteiger partial charge in [0.1, 0.15) is 18.1 Å². The molecule has 8 nitrogen and oxygen atoms in total. The molecule has 0 aliphatic carbocycles. The number of Topliss-reactive ketones (excluding diaryl/α,β-unsaturated/α-hetero) is 1. The number of alkyl halides is 3. The van der Waals surface area contributed by atoms with Crippen LogP contribution in [0.1, 0.15) is 22.2 Å². The minimum absolute atomic E-state index is 0.123. The summed E-state index contributed by atoms with van der Waals surface area (Å²) in [6, 6.07) is 1.58. The zero-order valence-corrected chi connectivity index (χ0v) is 13.2. The number of nitrogens with one attached hydrogen (secondary N) is 1. The smallest absolute Gasteiger partial charge is 0.431 e. The summed E-state index contributed by atoms with van der Waals surface area (Å²) in [6.07, 6.45) is 0.419. The van der Waals surface area contributed by atoms with Gasteiger partial charge in [-0.3, -0.25) is 9.48 Å². The van der Waals surface area contributed by atoms with Crippen molar-refractivity contribution >= 4 is 11.7 Å². The van der Waals surface area contributed by atoms with Crippen molar-refractivity contribution in [3.63, 3.8) is 0 Å². The maximum absolute atomic E-state index is 13.7. The average Bonchev–Trinajstić information content (AvgIpc) is 3.32. The number of allylic oxidation sites excluding steroid dienone is 2. The number of aromatic nitrogens is 5. The van der Waals surface area contributed by atoms with Crippen molar-refractivity contribution in [2.45, 2.75) is 12.2 Å². The topological polar surface area (TPSA) is 90.8 Å². The highest BCUT2D eigenvalue weighted by Crippen LogP contribution is 2.41. The van der Waals surface area contributed by atoms with Gasteiger partial charge in [-0.05, 0) is 12.1 Å². The molecule has 0 saturated carbocycles. The van der Waals surface area contributed by atoms with E-state index in [1.807, 2.05) is 0 Å². The van der Waals surface area contributed by atoms with E-state index in [9.17, 15) is 18.0 Å². The summed E-state index contributed by atoms with van der Waals surface area (Å²) in [4.78, 5) is 16.7.